The first-order valence-electron chi connectivity index (χ1n) is 13.1. The lowest BCUT2D eigenvalue weighted by atomic mass is 10.1. The maximum atomic E-state index is 13.9. The summed E-state index contributed by atoms with van der Waals surface area (Å²) < 4.78 is 29.5. The van der Waals surface area contributed by atoms with Gasteiger partial charge >= 0.3 is 0 Å². The van der Waals surface area contributed by atoms with Crippen molar-refractivity contribution < 1.29 is 8.42 Å². The Kier molecular flexibility index (Phi) is 12.3. The molecule has 0 heterocycles. The number of nitrogens with zero attached hydrogens (tertiary/aromatic N) is 2. The molecule has 0 atom stereocenters. The van der Waals surface area contributed by atoms with Gasteiger partial charge in [0.15, 0.2) is 0 Å². The van der Waals surface area contributed by atoms with Gasteiger partial charge in [0, 0.05) is 43.6 Å². The second-order valence-corrected chi connectivity index (χ2v) is 11.4. The Hall–Kier alpha value is -1.59. The minimum absolute atomic E-state index is 0.445. The van der Waals surface area contributed by atoms with E-state index in [2.05, 4.69) is 13.8 Å². The Morgan fingerprint density at radius 2 is 1.12 bits per heavy atom. The first kappa shape index (κ1) is 27.7. The summed E-state index contributed by atoms with van der Waals surface area (Å²) in [6.07, 6.45) is 14.0. The van der Waals surface area contributed by atoms with E-state index in [1.165, 1.54) is 51.4 Å². The Morgan fingerprint density at radius 3 is 1.67 bits per heavy atom. The van der Waals surface area contributed by atoms with Crippen LogP contribution in [0.25, 0.3) is 10.8 Å². The summed E-state index contributed by atoms with van der Waals surface area (Å²) in [6, 6.07) is 11.6. The van der Waals surface area contributed by atoms with Gasteiger partial charge in [-0.1, -0.05) is 102 Å². The maximum Gasteiger partial charge on any atom is 0.243 e. The number of benzene rings is 2. The van der Waals surface area contributed by atoms with Gasteiger partial charge in [0.2, 0.25) is 10.0 Å². The van der Waals surface area contributed by atoms with Crippen LogP contribution in [0.4, 0.5) is 5.69 Å². The third-order valence-corrected chi connectivity index (χ3v) is 8.44. The zero-order valence-corrected chi connectivity index (χ0v) is 22.3. The van der Waals surface area contributed by atoms with Crippen LogP contribution in [-0.4, -0.2) is 39.9 Å². The number of sulfonamides is 1. The number of rotatable bonds is 17. The van der Waals surface area contributed by atoms with Gasteiger partial charge in [-0.05, 0) is 25.0 Å². The number of fused-ring (bicyclic) bond motifs is 1. The normalized spacial score (nSPS) is 12.0. The van der Waals surface area contributed by atoms with Gasteiger partial charge in [0.05, 0.1) is 4.90 Å². The van der Waals surface area contributed by atoms with Gasteiger partial charge in [0.25, 0.3) is 0 Å². The Labute approximate surface area is 203 Å². The van der Waals surface area contributed by atoms with E-state index < -0.39 is 10.0 Å². The van der Waals surface area contributed by atoms with Crippen molar-refractivity contribution >= 4 is 26.5 Å². The van der Waals surface area contributed by atoms with Crippen LogP contribution in [0.2, 0.25) is 0 Å². The van der Waals surface area contributed by atoms with E-state index in [-0.39, 0.29) is 0 Å². The molecule has 0 aliphatic carbocycles. The van der Waals surface area contributed by atoms with E-state index in [4.69, 9.17) is 0 Å². The van der Waals surface area contributed by atoms with Crippen LogP contribution in [-0.2, 0) is 10.0 Å². The molecular formula is C28H46N2O2S. The largest absolute Gasteiger partial charge is 0.377 e. The molecule has 0 spiro atoms. The fourth-order valence-corrected chi connectivity index (χ4v) is 6.23. The van der Waals surface area contributed by atoms with Crippen LogP contribution < -0.4 is 4.90 Å². The van der Waals surface area contributed by atoms with Crippen molar-refractivity contribution in [1.82, 2.24) is 4.31 Å². The molecule has 0 saturated heterocycles. The van der Waals surface area contributed by atoms with Crippen LogP contribution in [0.1, 0.15) is 90.9 Å². The zero-order valence-electron chi connectivity index (χ0n) is 21.5. The fraction of sp³-hybridized carbons (Fsp3) is 0.643. The molecule has 4 nitrogen and oxygen atoms in total. The summed E-state index contributed by atoms with van der Waals surface area (Å²) in [6.45, 7) is 5.68. The summed E-state index contributed by atoms with van der Waals surface area (Å²) in [5, 5.41) is 1.81. The van der Waals surface area contributed by atoms with E-state index in [0.29, 0.717) is 18.0 Å². The zero-order chi connectivity index (χ0) is 24.1. The number of unbranched alkanes of at least 4 members (excludes halogenated alkanes) is 10. The molecule has 0 aromatic heterocycles. The summed E-state index contributed by atoms with van der Waals surface area (Å²) in [5.74, 6) is 0. The molecule has 0 radical (unpaired) electrons. The second kappa shape index (κ2) is 14.6. The highest BCUT2D eigenvalue weighted by Gasteiger charge is 2.26. The monoisotopic (exact) mass is 474 g/mol. The molecule has 0 bridgehead atoms. The Bertz CT molecular complexity index is 909. The average molecular weight is 475 g/mol. The van der Waals surface area contributed by atoms with Gasteiger partial charge in [0.1, 0.15) is 0 Å². The minimum Gasteiger partial charge on any atom is -0.377 e. The summed E-state index contributed by atoms with van der Waals surface area (Å²) >= 11 is 0. The summed E-state index contributed by atoms with van der Waals surface area (Å²) in [4.78, 5) is 2.49. The van der Waals surface area contributed by atoms with Crippen molar-refractivity contribution in [2.45, 2.75) is 95.8 Å². The highest BCUT2D eigenvalue weighted by molar-refractivity contribution is 7.89. The smallest absolute Gasteiger partial charge is 0.243 e. The van der Waals surface area contributed by atoms with Gasteiger partial charge in [-0.3, -0.25) is 0 Å². The molecule has 0 unspecified atom stereocenters. The van der Waals surface area contributed by atoms with E-state index in [1.54, 1.807) is 10.4 Å². The van der Waals surface area contributed by atoms with Gasteiger partial charge in [-0.25, -0.2) is 8.42 Å². The molecule has 2 aromatic rings. The fourth-order valence-electron chi connectivity index (χ4n) is 4.51. The predicted octanol–water partition coefficient (Wildman–Crippen LogP) is 7.62. The quantitative estimate of drug-likeness (QED) is 0.221. The molecule has 2 rings (SSSR count). The molecular weight excluding hydrogens is 428 g/mol. The van der Waals surface area contributed by atoms with Crippen LogP contribution >= 0.6 is 0 Å². The second-order valence-electron chi connectivity index (χ2n) is 9.46. The van der Waals surface area contributed by atoms with Crippen LogP contribution in [0.15, 0.2) is 41.3 Å². The van der Waals surface area contributed by atoms with Crippen molar-refractivity contribution in [2.24, 2.45) is 0 Å². The number of anilines is 1. The first-order chi connectivity index (χ1) is 15.9. The lowest BCUT2D eigenvalue weighted by molar-refractivity contribution is 0.384. The lowest BCUT2D eigenvalue weighted by Crippen LogP contribution is -2.33. The molecule has 0 aliphatic heterocycles. The molecule has 186 valence electrons. The molecule has 0 amide bonds. The molecule has 2 aromatic carbocycles. The Morgan fingerprint density at radius 1 is 0.636 bits per heavy atom. The Balaban J connectivity index is 2.21. The van der Waals surface area contributed by atoms with Crippen molar-refractivity contribution in [3.63, 3.8) is 0 Å². The summed E-state index contributed by atoms with van der Waals surface area (Å²) in [5.41, 5.74) is 1.04. The first-order valence-corrected chi connectivity index (χ1v) is 14.6. The molecule has 0 saturated carbocycles. The highest BCUT2D eigenvalue weighted by atomic mass is 32.2. The SMILES string of the molecule is CCCCCCCCN(CCCCCCCC)S(=O)(=O)c1cccc2c(N(C)C)cccc12. The van der Waals surface area contributed by atoms with Crippen molar-refractivity contribution in [3.05, 3.63) is 36.4 Å². The topological polar surface area (TPSA) is 40.6 Å². The van der Waals surface area contributed by atoms with Crippen molar-refractivity contribution in [1.29, 1.82) is 0 Å². The van der Waals surface area contributed by atoms with Gasteiger partial charge < -0.3 is 4.90 Å². The average Bonchev–Trinajstić information content (AvgIpc) is 2.80. The van der Waals surface area contributed by atoms with Crippen LogP contribution in [0.5, 0.6) is 0 Å². The molecule has 0 fully saturated rings. The summed E-state index contributed by atoms with van der Waals surface area (Å²) in [7, 11) is 0.449. The highest BCUT2D eigenvalue weighted by Crippen LogP contribution is 2.32. The van der Waals surface area contributed by atoms with E-state index in [0.717, 1.165) is 42.1 Å². The molecule has 0 aliphatic rings. The van der Waals surface area contributed by atoms with Gasteiger partial charge in [-0.2, -0.15) is 4.31 Å². The van der Waals surface area contributed by atoms with Crippen molar-refractivity contribution in [2.75, 3.05) is 32.1 Å². The van der Waals surface area contributed by atoms with Crippen LogP contribution in [0.3, 0.4) is 0 Å². The number of hydrogen-bond acceptors (Lipinski definition) is 3. The molecule has 5 heteroatoms. The van der Waals surface area contributed by atoms with Crippen LogP contribution in [0, 0.1) is 0 Å². The standard InChI is InChI=1S/C28H46N2O2S/c1-5-7-9-11-13-15-23-30(24-16-14-12-10-8-6-2)33(31,32)28-22-18-19-25-26(28)20-17-21-27(25)29(3)4/h17-22H,5-16,23-24H2,1-4H3. The third kappa shape index (κ3) is 8.29. The lowest BCUT2D eigenvalue weighted by Gasteiger charge is -2.24. The third-order valence-electron chi connectivity index (χ3n) is 6.48. The maximum absolute atomic E-state index is 13.9. The predicted molar refractivity (Wildman–Crippen MR) is 144 cm³/mol. The number of hydrogen-bond donors (Lipinski definition) is 0. The van der Waals surface area contributed by atoms with Crippen molar-refractivity contribution in [3.8, 4) is 0 Å². The minimum atomic E-state index is -3.55. The molecule has 33 heavy (non-hydrogen) atoms. The van der Waals surface area contributed by atoms with E-state index in [9.17, 15) is 8.42 Å². The van der Waals surface area contributed by atoms with E-state index in [1.807, 2.05) is 49.3 Å². The van der Waals surface area contributed by atoms with Gasteiger partial charge in [-0.15, -0.1) is 0 Å². The van der Waals surface area contributed by atoms with E-state index >= 15 is 0 Å². The molecule has 0 N–H and O–H groups in total.